The summed E-state index contributed by atoms with van der Waals surface area (Å²) in [5, 5.41) is 0. The molecule has 1 unspecified atom stereocenters. The van der Waals surface area contributed by atoms with E-state index in [2.05, 4.69) is 0 Å². The highest BCUT2D eigenvalue weighted by molar-refractivity contribution is 5.35. The van der Waals surface area contributed by atoms with Gasteiger partial charge in [0, 0.05) is 13.1 Å². The fourth-order valence-electron chi connectivity index (χ4n) is 4.32. The molecule has 0 amide bonds. The van der Waals surface area contributed by atoms with Gasteiger partial charge >= 0.3 is 12.4 Å². The Labute approximate surface area is 209 Å². The first kappa shape index (κ1) is 27.1. The summed E-state index contributed by atoms with van der Waals surface area (Å²) in [6.07, 6.45) is -12.2. The van der Waals surface area contributed by atoms with Crippen LogP contribution in [0.1, 0.15) is 46.9 Å². The topological polar surface area (TPSA) is 21.7 Å². The van der Waals surface area contributed by atoms with Gasteiger partial charge in [0.15, 0.2) is 6.29 Å². The normalized spacial score (nSPS) is 20.1. The zero-order valence-electron chi connectivity index (χ0n) is 19.7. The summed E-state index contributed by atoms with van der Waals surface area (Å²) in [5.41, 5.74) is -1.51. The lowest BCUT2D eigenvalue weighted by Crippen LogP contribution is -2.46. The predicted octanol–water partition coefficient (Wildman–Crippen LogP) is 7.54. The van der Waals surface area contributed by atoms with Gasteiger partial charge in [0.1, 0.15) is 5.82 Å². The van der Waals surface area contributed by atoms with Crippen LogP contribution in [0, 0.1) is 5.82 Å². The molecule has 37 heavy (non-hydrogen) atoms. The van der Waals surface area contributed by atoms with Crippen molar-refractivity contribution in [1.82, 2.24) is 4.90 Å². The van der Waals surface area contributed by atoms with Crippen LogP contribution in [-0.4, -0.2) is 24.3 Å². The number of benzene rings is 3. The Kier molecular flexibility index (Phi) is 7.91. The molecule has 1 aliphatic heterocycles. The number of alkyl halides is 6. The highest BCUT2D eigenvalue weighted by atomic mass is 19.4. The largest absolute Gasteiger partial charge is 0.416 e. The number of halogens is 7. The number of morpholine rings is 1. The number of hydrogen-bond acceptors (Lipinski definition) is 3. The van der Waals surface area contributed by atoms with Gasteiger partial charge in [-0.1, -0.05) is 42.5 Å². The average Bonchev–Trinajstić information content (AvgIpc) is 2.84. The summed E-state index contributed by atoms with van der Waals surface area (Å²) >= 11 is 0. The van der Waals surface area contributed by atoms with Crippen LogP contribution >= 0.6 is 0 Å². The molecular formula is C27H24F7NO2. The standard InChI is InChI=1S/C27H24F7NO2/c1-17(20-13-21(26(29,30)31)15-22(14-20)27(32,33)34)37-25-24(19-7-9-23(28)10-8-19)35(11-12-36-25)16-18-5-3-2-4-6-18/h2-10,13-15,17,24-25H,11-12,16H2,1H3/t17?,24-,25+/m0/s1. The van der Waals surface area contributed by atoms with E-state index in [1.807, 2.05) is 35.2 Å². The van der Waals surface area contributed by atoms with Crippen LogP contribution in [0.3, 0.4) is 0 Å². The van der Waals surface area contributed by atoms with Crippen molar-refractivity contribution < 1.29 is 40.2 Å². The minimum absolute atomic E-state index is 0.0796. The van der Waals surface area contributed by atoms with Gasteiger partial charge in [-0.05, 0) is 53.9 Å². The fourth-order valence-corrected chi connectivity index (χ4v) is 4.32. The highest BCUT2D eigenvalue weighted by Gasteiger charge is 2.39. The number of ether oxygens (including phenoxy) is 2. The molecule has 3 aromatic carbocycles. The summed E-state index contributed by atoms with van der Waals surface area (Å²) in [7, 11) is 0. The lowest BCUT2D eigenvalue weighted by Gasteiger charge is -2.42. The molecule has 0 spiro atoms. The molecule has 3 atom stereocenters. The van der Waals surface area contributed by atoms with E-state index in [4.69, 9.17) is 9.47 Å². The monoisotopic (exact) mass is 527 g/mol. The third kappa shape index (κ3) is 6.68. The third-order valence-electron chi connectivity index (χ3n) is 6.17. The van der Waals surface area contributed by atoms with Crippen molar-refractivity contribution >= 4 is 0 Å². The zero-order valence-corrected chi connectivity index (χ0v) is 19.7. The smallest absolute Gasteiger partial charge is 0.349 e. The maximum atomic E-state index is 13.6. The molecule has 0 radical (unpaired) electrons. The molecule has 0 bridgehead atoms. The van der Waals surface area contributed by atoms with Gasteiger partial charge < -0.3 is 9.47 Å². The molecular weight excluding hydrogens is 503 g/mol. The quantitative estimate of drug-likeness (QED) is 0.309. The third-order valence-corrected chi connectivity index (χ3v) is 6.17. The van der Waals surface area contributed by atoms with E-state index in [1.165, 1.54) is 19.1 Å². The lowest BCUT2D eigenvalue weighted by molar-refractivity contribution is -0.231. The molecule has 3 aromatic rings. The van der Waals surface area contributed by atoms with Gasteiger partial charge in [0.05, 0.1) is 29.9 Å². The molecule has 0 aromatic heterocycles. The van der Waals surface area contributed by atoms with Gasteiger partial charge in [-0.15, -0.1) is 0 Å². The summed E-state index contributed by atoms with van der Waals surface area (Å²) in [4.78, 5) is 2.02. The number of rotatable bonds is 6. The highest BCUT2D eigenvalue weighted by Crippen LogP contribution is 2.40. The lowest BCUT2D eigenvalue weighted by atomic mass is 10.00. The molecule has 4 rings (SSSR count). The average molecular weight is 527 g/mol. The van der Waals surface area contributed by atoms with Crippen LogP contribution in [0.4, 0.5) is 30.7 Å². The van der Waals surface area contributed by atoms with Crippen molar-refractivity contribution in [3.63, 3.8) is 0 Å². The van der Waals surface area contributed by atoms with Crippen LogP contribution in [0.15, 0.2) is 72.8 Å². The first-order chi connectivity index (χ1) is 17.4. The van der Waals surface area contributed by atoms with Gasteiger partial charge in [-0.2, -0.15) is 26.3 Å². The molecule has 1 aliphatic rings. The van der Waals surface area contributed by atoms with Crippen molar-refractivity contribution in [1.29, 1.82) is 0 Å². The van der Waals surface area contributed by atoms with Crippen molar-refractivity contribution in [3.05, 3.63) is 106 Å². The molecule has 0 aliphatic carbocycles. The van der Waals surface area contributed by atoms with Gasteiger partial charge in [0.2, 0.25) is 0 Å². The van der Waals surface area contributed by atoms with Crippen LogP contribution in [-0.2, 0) is 28.4 Å². The van der Waals surface area contributed by atoms with Crippen LogP contribution < -0.4 is 0 Å². The predicted molar refractivity (Wildman–Crippen MR) is 122 cm³/mol. The molecule has 1 saturated heterocycles. The maximum Gasteiger partial charge on any atom is 0.416 e. The van der Waals surface area contributed by atoms with E-state index in [0.29, 0.717) is 30.8 Å². The summed E-state index contributed by atoms with van der Waals surface area (Å²) in [6.45, 7) is 2.55. The summed E-state index contributed by atoms with van der Waals surface area (Å²) < 4.78 is 106. The zero-order chi connectivity index (χ0) is 26.8. The second-order valence-corrected chi connectivity index (χ2v) is 8.81. The van der Waals surface area contributed by atoms with Gasteiger partial charge in [0.25, 0.3) is 0 Å². The summed E-state index contributed by atoms with van der Waals surface area (Å²) in [6, 6.07) is 15.9. The molecule has 1 fully saturated rings. The van der Waals surface area contributed by atoms with E-state index in [9.17, 15) is 30.7 Å². The van der Waals surface area contributed by atoms with E-state index in [0.717, 1.165) is 5.56 Å². The van der Waals surface area contributed by atoms with Gasteiger partial charge in [-0.25, -0.2) is 4.39 Å². The van der Waals surface area contributed by atoms with Gasteiger partial charge in [-0.3, -0.25) is 4.90 Å². The molecule has 10 heteroatoms. The van der Waals surface area contributed by atoms with Crippen molar-refractivity contribution in [2.24, 2.45) is 0 Å². The molecule has 198 valence electrons. The second-order valence-electron chi connectivity index (χ2n) is 8.81. The molecule has 1 heterocycles. The molecule has 3 nitrogen and oxygen atoms in total. The first-order valence-electron chi connectivity index (χ1n) is 11.5. The minimum atomic E-state index is -4.97. The van der Waals surface area contributed by atoms with Crippen molar-refractivity contribution in [2.45, 2.75) is 44.3 Å². The van der Waals surface area contributed by atoms with Crippen molar-refractivity contribution in [3.8, 4) is 0 Å². The molecule has 0 saturated carbocycles. The van der Waals surface area contributed by atoms with Crippen LogP contribution in [0.25, 0.3) is 0 Å². The summed E-state index contributed by atoms with van der Waals surface area (Å²) in [5.74, 6) is -0.454. The van der Waals surface area contributed by atoms with Crippen molar-refractivity contribution in [2.75, 3.05) is 13.2 Å². The maximum absolute atomic E-state index is 13.6. The van der Waals surface area contributed by atoms with E-state index >= 15 is 0 Å². The Bertz CT molecular complexity index is 1150. The van der Waals surface area contributed by atoms with Crippen LogP contribution in [0.2, 0.25) is 0 Å². The number of hydrogen-bond donors (Lipinski definition) is 0. The minimum Gasteiger partial charge on any atom is -0.349 e. The Morgan fingerprint density at radius 3 is 2.05 bits per heavy atom. The van der Waals surface area contributed by atoms with E-state index in [-0.39, 0.29) is 18.2 Å². The van der Waals surface area contributed by atoms with E-state index < -0.39 is 47.7 Å². The van der Waals surface area contributed by atoms with E-state index in [1.54, 1.807) is 12.1 Å². The molecule has 0 N–H and O–H groups in total. The Morgan fingerprint density at radius 2 is 1.49 bits per heavy atom. The SMILES string of the molecule is CC(O[C@H]1OCCN(Cc2ccccc2)[C@H]1c1ccc(F)cc1)c1cc(C(F)(F)F)cc(C(F)(F)F)c1. The van der Waals surface area contributed by atoms with Crippen LogP contribution in [0.5, 0.6) is 0 Å². The first-order valence-corrected chi connectivity index (χ1v) is 11.5. The number of nitrogens with zero attached hydrogens (tertiary/aromatic N) is 1. The Morgan fingerprint density at radius 1 is 0.892 bits per heavy atom. The second kappa shape index (κ2) is 10.8. The Hall–Kier alpha value is -2.95. The Balaban J connectivity index is 1.66. The fraction of sp³-hybridized carbons (Fsp3) is 0.333.